The number of rotatable bonds is 7. The van der Waals surface area contributed by atoms with E-state index in [-0.39, 0.29) is 12.5 Å². The van der Waals surface area contributed by atoms with E-state index in [9.17, 15) is 9.59 Å². The van der Waals surface area contributed by atoms with Gasteiger partial charge in [-0.15, -0.1) is 11.3 Å². The van der Waals surface area contributed by atoms with E-state index in [1.807, 2.05) is 6.92 Å². The topological polar surface area (TPSA) is 68.7 Å². The monoisotopic (exact) mass is 286 g/mol. The molecule has 106 valence electrons. The lowest BCUT2D eigenvalue weighted by atomic mass is 10.3. The maximum absolute atomic E-state index is 12.2. The average Bonchev–Trinajstić information content (AvgIpc) is 2.80. The van der Waals surface area contributed by atoms with Gasteiger partial charge in [0.05, 0.1) is 18.2 Å². The smallest absolute Gasteiger partial charge is 0.325 e. The second kappa shape index (κ2) is 7.85. The van der Waals surface area contributed by atoms with Crippen LogP contribution in [0, 0.1) is 6.92 Å². The molecule has 7 heteroatoms. The standard InChI is InChI=1S/C12H18N2O4S/c1-4-18-11(15)7-14(5-6-17-3)12(16)10-8-19-9(2)13-10/h8H,4-7H2,1-3H3. The van der Waals surface area contributed by atoms with Crippen LogP contribution in [0.25, 0.3) is 0 Å². The van der Waals surface area contributed by atoms with Crippen LogP contribution in [0.15, 0.2) is 5.38 Å². The first-order valence-corrected chi connectivity index (χ1v) is 6.82. The van der Waals surface area contributed by atoms with Crippen LogP contribution in [0.1, 0.15) is 22.4 Å². The summed E-state index contributed by atoms with van der Waals surface area (Å²) in [7, 11) is 1.54. The van der Waals surface area contributed by atoms with Crippen molar-refractivity contribution in [2.24, 2.45) is 0 Å². The highest BCUT2D eigenvalue weighted by Crippen LogP contribution is 2.10. The number of hydrogen-bond donors (Lipinski definition) is 0. The average molecular weight is 286 g/mol. The highest BCUT2D eigenvalue weighted by Gasteiger charge is 2.21. The third-order valence-electron chi connectivity index (χ3n) is 2.32. The summed E-state index contributed by atoms with van der Waals surface area (Å²) in [6.45, 7) is 4.43. The Morgan fingerprint density at radius 1 is 1.47 bits per heavy atom. The number of carbonyl (C=O) groups excluding carboxylic acids is 2. The number of hydrogen-bond acceptors (Lipinski definition) is 6. The van der Waals surface area contributed by atoms with Gasteiger partial charge < -0.3 is 14.4 Å². The zero-order chi connectivity index (χ0) is 14.3. The summed E-state index contributed by atoms with van der Waals surface area (Å²) in [5, 5.41) is 2.49. The minimum absolute atomic E-state index is 0.0907. The van der Waals surface area contributed by atoms with E-state index >= 15 is 0 Å². The molecule has 0 radical (unpaired) electrons. The van der Waals surface area contributed by atoms with Crippen LogP contribution in [-0.4, -0.2) is 55.2 Å². The van der Waals surface area contributed by atoms with Gasteiger partial charge in [0.2, 0.25) is 0 Å². The third-order valence-corrected chi connectivity index (χ3v) is 3.09. The Balaban J connectivity index is 2.72. The molecule has 1 amide bonds. The Labute approximate surface area is 116 Å². The predicted octanol–water partition coefficient (Wildman–Crippen LogP) is 1.10. The van der Waals surface area contributed by atoms with Gasteiger partial charge in [-0.05, 0) is 13.8 Å². The summed E-state index contributed by atoms with van der Waals surface area (Å²) in [5.74, 6) is -0.714. The largest absolute Gasteiger partial charge is 0.465 e. The second-order valence-electron chi connectivity index (χ2n) is 3.78. The number of aromatic nitrogens is 1. The Kier molecular flexibility index (Phi) is 6.44. The summed E-state index contributed by atoms with van der Waals surface area (Å²) in [6.07, 6.45) is 0. The molecule has 0 spiro atoms. The molecule has 0 fully saturated rings. The summed E-state index contributed by atoms with van der Waals surface area (Å²) in [6, 6.07) is 0. The highest BCUT2D eigenvalue weighted by atomic mass is 32.1. The quantitative estimate of drug-likeness (QED) is 0.702. The zero-order valence-electron chi connectivity index (χ0n) is 11.3. The molecule has 0 aliphatic rings. The molecule has 19 heavy (non-hydrogen) atoms. The second-order valence-corrected chi connectivity index (χ2v) is 4.84. The molecule has 0 atom stereocenters. The van der Waals surface area contributed by atoms with Gasteiger partial charge >= 0.3 is 5.97 Å². The van der Waals surface area contributed by atoms with Crippen molar-refractivity contribution in [3.8, 4) is 0 Å². The molecular formula is C12H18N2O4S. The molecule has 0 aromatic carbocycles. The van der Waals surface area contributed by atoms with E-state index in [1.165, 1.54) is 16.2 Å². The minimum atomic E-state index is -0.432. The van der Waals surface area contributed by atoms with Gasteiger partial charge in [-0.1, -0.05) is 0 Å². The van der Waals surface area contributed by atoms with E-state index < -0.39 is 5.97 Å². The van der Waals surface area contributed by atoms with Crippen LogP contribution in [0.3, 0.4) is 0 Å². The van der Waals surface area contributed by atoms with E-state index in [2.05, 4.69) is 4.98 Å². The molecule has 0 N–H and O–H groups in total. The molecule has 0 unspecified atom stereocenters. The van der Waals surface area contributed by atoms with E-state index in [1.54, 1.807) is 19.4 Å². The maximum atomic E-state index is 12.2. The number of methoxy groups -OCH3 is 1. The molecule has 1 aromatic heterocycles. The van der Waals surface area contributed by atoms with Crippen LogP contribution >= 0.6 is 11.3 Å². The van der Waals surface area contributed by atoms with Crippen molar-refractivity contribution in [1.29, 1.82) is 0 Å². The molecule has 0 bridgehead atoms. The summed E-state index contributed by atoms with van der Waals surface area (Å²) >= 11 is 1.40. The SMILES string of the molecule is CCOC(=O)CN(CCOC)C(=O)c1csc(C)n1. The van der Waals surface area contributed by atoms with Crippen molar-refractivity contribution in [1.82, 2.24) is 9.88 Å². The van der Waals surface area contributed by atoms with Gasteiger partial charge in [-0.25, -0.2) is 4.98 Å². The lowest BCUT2D eigenvalue weighted by Gasteiger charge is -2.20. The predicted molar refractivity (Wildman–Crippen MR) is 71.3 cm³/mol. The number of aryl methyl sites for hydroxylation is 1. The number of amides is 1. The summed E-state index contributed by atoms with van der Waals surface area (Å²) in [5.41, 5.74) is 0.350. The first-order valence-electron chi connectivity index (χ1n) is 5.94. The fourth-order valence-corrected chi connectivity index (χ4v) is 2.03. The molecular weight excluding hydrogens is 268 g/mol. The van der Waals surface area contributed by atoms with Crippen LogP contribution in [-0.2, 0) is 14.3 Å². The Hall–Kier alpha value is -1.47. The molecule has 0 saturated heterocycles. The lowest BCUT2D eigenvalue weighted by molar-refractivity contribution is -0.143. The van der Waals surface area contributed by atoms with Gasteiger partial charge in [0.1, 0.15) is 12.2 Å². The minimum Gasteiger partial charge on any atom is -0.465 e. The van der Waals surface area contributed by atoms with Crippen molar-refractivity contribution in [3.05, 3.63) is 16.1 Å². The van der Waals surface area contributed by atoms with Crippen molar-refractivity contribution in [2.75, 3.05) is 33.4 Å². The number of thiazole rings is 1. The molecule has 1 rings (SSSR count). The summed E-state index contributed by atoms with van der Waals surface area (Å²) < 4.78 is 9.79. The summed E-state index contributed by atoms with van der Waals surface area (Å²) in [4.78, 5) is 29.2. The van der Waals surface area contributed by atoms with Crippen molar-refractivity contribution >= 4 is 23.2 Å². The number of nitrogens with zero attached hydrogens (tertiary/aromatic N) is 2. The number of carbonyl (C=O) groups is 2. The van der Waals surface area contributed by atoms with E-state index in [0.29, 0.717) is 25.5 Å². The molecule has 0 saturated carbocycles. The lowest BCUT2D eigenvalue weighted by Crippen LogP contribution is -2.38. The van der Waals surface area contributed by atoms with Crippen LogP contribution in [0.4, 0.5) is 0 Å². The Morgan fingerprint density at radius 3 is 2.74 bits per heavy atom. The maximum Gasteiger partial charge on any atom is 0.325 e. The first kappa shape index (κ1) is 15.6. The van der Waals surface area contributed by atoms with Gasteiger partial charge in [0.15, 0.2) is 0 Å². The number of ether oxygens (including phenoxy) is 2. The van der Waals surface area contributed by atoms with E-state index in [0.717, 1.165) is 5.01 Å². The molecule has 0 aliphatic heterocycles. The van der Waals surface area contributed by atoms with Crippen LogP contribution in [0.2, 0.25) is 0 Å². The molecule has 1 aromatic rings. The van der Waals surface area contributed by atoms with Crippen molar-refractivity contribution < 1.29 is 19.1 Å². The third kappa shape index (κ3) is 4.96. The van der Waals surface area contributed by atoms with E-state index in [4.69, 9.17) is 9.47 Å². The molecule has 1 heterocycles. The number of esters is 1. The first-order chi connectivity index (χ1) is 9.08. The Bertz CT molecular complexity index is 433. The molecule has 6 nitrogen and oxygen atoms in total. The Morgan fingerprint density at radius 2 is 2.21 bits per heavy atom. The fourth-order valence-electron chi connectivity index (χ4n) is 1.44. The molecule has 0 aliphatic carbocycles. The van der Waals surface area contributed by atoms with Gasteiger partial charge in [-0.3, -0.25) is 9.59 Å². The van der Waals surface area contributed by atoms with Gasteiger partial charge in [0, 0.05) is 19.0 Å². The van der Waals surface area contributed by atoms with Gasteiger partial charge in [-0.2, -0.15) is 0 Å². The zero-order valence-corrected chi connectivity index (χ0v) is 12.2. The van der Waals surface area contributed by atoms with Gasteiger partial charge in [0.25, 0.3) is 5.91 Å². The highest BCUT2D eigenvalue weighted by molar-refractivity contribution is 7.09. The van der Waals surface area contributed by atoms with Crippen LogP contribution in [0.5, 0.6) is 0 Å². The van der Waals surface area contributed by atoms with Crippen molar-refractivity contribution in [2.45, 2.75) is 13.8 Å². The normalized spacial score (nSPS) is 10.3. The van der Waals surface area contributed by atoms with Crippen LogP contribution < -0.4 is 0 Å². The van der Waals surface area contributed by atoms with Crippen molar-refractivity contribution in [3.63, 3.8) is 0 Å². The fraction of sp³-hybridized carbons (Fsp3) is 0.583.